The summed E-state index contributed by atoms with van der Waals surface area (Å²) in [4.78, 5) is 23.5. The largest absolute Gasteiger partial charge is 0.481 e. The Bertz CT molecular complexity index is 562. The Hall–Kier alpha value is -1.95. The molecule has 2 fully saturated rings. The first kappa shape index (κ1) is 13.1. The zero-order valence-electron chi connectivity index (χ0n) is 10.6. The molecule has 4 atom stereocenters. The van der Waals surface area contributed by atoms with Gasteiger partial charge in [-0.25, -0.2) is 4.39 Å². The summed E-state index contributed by atoms with van der Waals surface area (Å²) in [6.07, 6.45) is 0.622. The van der Waals surface area contributed by atoms with Crippen molar-refractivity contribution in [1.29, 1.82) is 0 Å². The predicted molar refractivity (Wildman–Crippen MR) is 67.5 cm³/mol. The predicted octanol–water partition coefficient (Wildman–Crippen LogP) is 1.64. The molecule has 0 spiro atoms. The van der Waals surface area contributed by atoms with Crippen LogP contribution >= 0.6 is 0 Å². The Balaban J connectivity index is 1.78. The molecule has 0 unspecified atom stereocenters. The fourth-order valence-electron chi connectivity index (χ4n) is 3.12. The monoisotopic (exact) mass is 279 g/mol. The Labute approximate surface area is 114 Å². The summed E-state index contributed by atoms with van der Waals surface area (Å²) in [5.41, 5.74) is 0.321. The number of hydrogen-bond acceptors (Lipinski definition) is 3. The highest BCUT2D eigenvalue weighted by atomic mass is 19.1. The van der Waals surface area contributed by atoms with Gasteiger partial charge in [0.1, 0.15) is 5.82 Å². The lowest BCUT2D eigenvalue weighted by molar-refractivity contribution is -0.147. The molecule has 2 bridgehead atoms. The molecule has 2 heterocycles. The summed E-state index contributed by atoms with van der Waals surface area (Å²) in [6.45, 7) is 0. The van der Waals surface area contributed by atoms with Crippen molar-refractivity contribution in [2.24, 2.45) is 11.8 Å². The molecule has 2 saturated heterocycles. The van der Waals surface area contributed by atoms with E-state index in [0.717, 1.165) is 0 Å². The van der Waals surface area contributed by atoms with Crippen molar-refractivity contribution in [3.63, 3.8) is 0 Å². The lowest BCUT2D eigenvalue weighted by Gasteiger charge is -2.23. The third-order valence-corrected chi connectivity index (χ3v) is 3.95. The molecular weight excluding hydrogens is 265 g/mol. The van der Waals surface area contributed by atoms with E-state index in [-0.39, 0.29) is 12.2 Å². The molecule has 0 saturated carbocycles. The van der Waals surface area contributed by atoms with Crippen LogP contribution in [0, 0.1) is 17.7 Å². The number of anilines is 1. The van der Waals surface area contributed by atoms with Gasteiger partial charge in [-0.2, -0.15) is 0 Å². The molecule has 1 amide bonds. The highest BCUT2D eigenvalue weighted by Crippen LogP contribution is 2.44. The smallest absolute Gasteiger partial charge is 0.310 e. The van der Waals surface area contributed by atoms with E-state index >= 15 is 0 Å². The van der Waals surface area contributed by atoms with Crippen LogP contribution in [-0.4, -0.2) is 29.2 Å². The molecule has 106 valence electrons. The summed E-state index contributed by atoms with van der Waals surface area (Å²) in [7, 11) is 0. The Morgan fingerprint density at radius 2 is 1.95 bits per heavy atom. The van der Waals surface area contributed by atoms with Crippen molar-refractivity contribution in [3.8, 4) is 0 Å². The Morgan fingerprint density at radius 1 is 1.25 bits per heavy atom. The highest BCUT2D eigenvalue weighted by molar-refractivity contribution is 5.96. The van der Waals surface area contributed by atoms with Gasteiger partial charge >= 0.3 is 5.97 Å². The van der Waals surface area contributed by atoms with E-state index in [4.69, 9.17) is 4.74 Å². The number of nitrogens with one attached hydrogen (secondary N) is 1. The third kappa shape index (κ3) is 2.16. The van der Waals surface area contributed by atoms with Gasteiger partial charge in [-0.05, 0) is 31.0 Å². The minimum atomic E-state index is -1.02. The number of fused-ring (bicyclic) bond motifs is 2. The number of rotatable bonds is 3. The van der Waals surface area contributed by atoms with E-state index in [1.807, 2.05) is 0 Å². The maximum Gasteiger partial charge on any atom is 0.310 e. The number of ether oxygens (including phenoxy) is 1. The molecule has 2 aliphatic heterocycles. The quantitative estimate of drug-likeness (QED) is 0.882. The van der Waals surface area contributed by atoms with Gasteiger partial charge in [0, 0.05) is 5.69 Å². The maximum absolute atomic E-state index is 13.1. The summed E-state index contributed by atoms with van der Waals surface area (Å²) in [6, 6.07) is 5.51. The van der Waals surface area contributed by atoms with Gasteiger partial charge in [-0.3, -0.25) is 9.59 Å². The minimum Gasteiger partial charge on any atom is -0.481 e. The first-order valence-electron chi connectivity index (χ1n) is 6.51. The van der Waals surface area contributed by atoms with Crippen molar-refractivity contribution < 1.29 is 23.8 Å². The number of amides is 1. The van der Waals surface area contributed by atoms with Crippen LogP contribution < -0.4 is 5.32 Å². The number of benzene rings is 1. The van der Waals surface area contributed by atoms with Gasteiger partial charge in [-0.1, -0.05) is 6.07 Å². The van der Waals surface area contributed by atoms with Crippen molar-refractivity contribution in [2.45, 2.75) is 25.0 Å². The topological polar surface area (TPSA) is 75.6 Å². The summed E-state index contributed by atoms with van der Waals surface area (Å²) in [5, 5.41) is 11.8. The lowest BCUT2D eigenvalue weighted by atomic mass is 9.78. The van der Waals surface area contributed by atoms with Crippen molar-refractivity contribution in [1.82, 2.24) is 0 Å². The van der Waals surface area contributed by atoms with Crippen LogP contribution in [0.5, 0.6) is 0 Å². The average Bonchev–Trinajstić information content (AvgIpc) is 2.98. The van der Waals surface area contributed by atoms with Crippen molar-refractivity contribution in [3.05, 3.63) is 30.1 Å². The zero-order chi connectivity index (χ0) is 14.3. The normalized spacial score (nSPS) is 31.2. The number of aliphatic carboxylic acids is 1. The van der Waals surface area contributed by atoms with Crippen LogP contribution in [0.4, 0.5) is 10.1 Å². The summed E-state index contributed by atoms with van der Waals surface area (Å²) >= 11 is 0. The van der Waals surface area contributed by atoms with E-state index in [1.165, 1.54) is 18.2 Å². The summed E-state index contributed by atoms with van der Waals surface area (Å²) < 4.78 is 18.6. The van der Waals surface area contributed by atoms with Gasteiger partial charge in [0.2, 0.25) is 5.91 Å². The second-order valence-corrected chi connectivity index (χ2v) is 5.18. The number of carbonyl (C=O) groups is 2. The Morgan fingerprint density at radius 3 is 2.60 bits per heavy atom. The molecule has 2 N–H and O–H groups in total. The number of carbonyl (C=O) groups excluding carboxylic acids is 1. The van der Waals surface area contributed by atoms with E-state index < -0.39 is 29.5 Å². The number of hydrogen-bond donors (Lipinski definition) is 2. The molecule has 1 aromatic rings. The molecule has 1 aromatic carbocycles. The van der Waals surface area contributed by atoms with Crippen LogP contribution in [0.2, 0.25) is 0 Å². The minimum absolute atomic E-state index is 0.321. The van der Waals surface area contributed by atoms with Crippen molar-refractivity contribution >= 4 is 17.6 Å². The van der Waals surface area contributed by atoms with Crippen LogP contribution in [0.3, 0.4) is 0 Å². The Kier molecular flexibility index (Phi) is 3.17. The van der Waals surface area contributed by atoms with Crippen LogP contribution in [0.25, 0.3) is 0 Å². The van der Waals surface area contributed by atoms with Gasteiger partial charge in [0.15, 0.2) is 0 Å². The molecule has 3 rings (SSSR count). The SMILES string of the molecule is O=C(O)[C@@H]1[C@H](C(=O)Nc2cccc(F)c2)[C@@H]2CC[C@H]1O2. The van der Waals surface area contributed by atoms with Crippen LogP contribution in [0.15, 0.2) is 24.3 Å². The third-order valence-electron chi connectivity index (χ3n) is 3.95. The van der Waals surface area contributed by atoms with E-state index in [2.05, 4.69) is 5.32 Å². The number of carboxylic acids is 1. The first-order valence-corrected chi connectivity index (χ1v) is 6.51. The first-order chi connectivity index (χ1) is 9.56. The second-order valence-electron chi connectivity index (χ2n) is 5.18. The van der Waals surface area contributed by atoms with E-state index in [0.29, 0.717) is 18.5 Å². The molecular formula is C14H14FNO4. The molecule has 2 aliphatic rings. The molecule has 5 nitrogen and oxygen atoms in total. The standard InChI is InChI=1S/C14H14FNO4/c15-7-2-1-3-8(6-7)16-13(17)11-9-4-5-10(20-9)12(11)14(18)19/h1-3,6,9-12H,4-5H2,(H,16,17)(H,18,19)/t9-,10+,11+,12-/m0/s1. The fraction of sp³-hybridized carbons (Fsp3) is 0.429. The molecule has 6 heteroatoms. The molecule has 0 radical (unpaired) electrons. The second kappa shape index (κ2) is 4.86. The zero-order valence-corrected chi connectivity index (χ0v) is 10.6. The number of halogens is 1. The van der Waals surface area contributed by atoms with E-state index in [1.54, 1.807) is 6.07 Å². The fourth-order valence-corrected chi connectivity index (χ4v) is 3.12. The highest BCUT2D eigenvalue weighted by Gasteiger charge is 2.55. The number of carboxylic acid groups (broad SMARTS) is 1. The molecule has 20 heavy (non-hydrogen) atoms. The van der Waals surface area contributed by atoms with Gasteiger partial charge in [-0.15, -0.1) is 0 Å². The molecule has 0 aliphatic carbocycles. The van der Waals surface area contributed by atoms with E-state index in [9.17, 15) is 19.1 Å². The van der Waals surface area contributed by atoms with Gasteiger partial charge < -0.3 is 15.2 Å². The average molecular weight is 279 g/mol. The van der Waals surface area contributed by atoms with Crippen LogP contribution in [0.1, 0.15) is 12.8 Å². The summed E-state index contributed by atoms with van der Waals surface area (Å²) in [5.74, 6) is -3.43. The lowest BCUT2D eigenvalue weighted by Crippen LogP contribution is -2.40. The van der Waals surface area contributed by atoms with Crippen LogP contribution in [-0.2, 0) is 14.3 Å². The van der Waals surface area contributed by atoms with Gasteiger partial charge in [0.25, 0.3) is 0 Å². The maximum atomic E-state index is 13.1. The van der Waals surface area contributed by atoms with Gasteiger partial charge in [0.05, 0.1) is 24.0 Å². The molecule has 0 aromatic heterocycles. The van der Waals surface area contributed by atoms with Crippen molar-refractivity contribution in [2.75, 3.05) is 5.32 Å².